The summed E-state index contributed by atoms with van der Waals surface area (Å²) in [6.07, 6.45) is 3.74. The van der Waals surface area contributed by atoms with Gasteiger partial charge in [0.15, 0.2) is 5.75 Å². The summed E-state index contributed by atoms with van der Waals surface area (Å²) in [4.78, 5) is 10.7. The molecule has 1 aromatic carbocycles. The van der Waals surface area contributed by atoms with Gasteiger partial charge in [-0.1, -0.05) is 18.3 Å². The molecule has 1 N–H and O–H groups in total. The highest BCUT2D eigenvalue weighted by Gasteiger charge is 2.17. The Labute approximate surface area is 124 Å². The van der Waals surface area contributed by atoms with E-state index in [1.165, 1.54) is 5.56 Å². The first kappa shape index (κ1) is 14.5. The van der Waals surface area contributed by atoms with Crippen molar-refractivity contribution in [3.05, 3.63) is 35.2 Å². The average Bonchev–Trinajstić information content (AvgIpc) is 2.74. The molecule has 0 amide bonds. The number of hydrogen-bond acceptors (Lipinski definition) is 3. The molecule has 0 saturated carbocycles. The van der Waals surface area contributed by atoms with Gasteiger partial charge in [-0.05, 0) is 38.8 Å². The Kier molecular flexibility index (Phi) is 4.09. The van der Waals surface area contributed by atoms with Gasteiger partial charge in [0, 0.05) is 30.6 Å². The van der Waals surface area contributed by atoms with E-state index in [1.807, 2.05) is 31.7 Å². The van der Waals surface area contributed by atoms with E-state index in [4.69, 9.17) is 17.1 Å². The molecule has 0 bridgehead atoms. The maximum absolute atomic E-state index is 5.63. The minimum absolute atomic E-state index is 0.600. The summed E-state index contributed by atoms with van der Waals surface area (Å²) in [5.74, 6) is 1.74. The van der Waals surface area contributed by atoms with Crippen molar-refractivity contribution in [3.63, 3.8) is 0 Å². The van der Waals surface area contributed by atoms with Crippen molar-refractivity contribution >= 4 is 17.2 Å². The molecule has 1 heterocycles. The summed E-state index contributed by atoms with van der Waals surface area (Å²) in [5.41, 5.74) is 7.16. The SMILES string of the molecule is CC(=S)NOc1c(C)cc(C)c(-c2nccn2C)c1C. The van der Waals surface area contributed by atoms with Crippen LogP contribution < -0.4 is 10.3 Å². The molecular formula is C15H19N3OS. The van der Waals surface area contributed by atoms with E-state index in [1.54, 1.807) is 13.1 Å². The van der Waals surface area contributed by atoms with Crippen LogP contribution in [0.1, 0.15) is 23.6 Å². The number of nitrogens with zero attached hydrogens (tertiary/aromatic N) is 2. The Balaban J connectivity index is 2.56. The summed E-state index contributed by atoms with van der Waals surface area (Å²) in [6, 6.07) is 2.10. The number of thiocarbonyl (C=S) groups is 1. The summed E-state index contributed by atoms with van der Waals surface area (Å²) in [7, 11) is 1.99. The van der Waals surface area contributed by atoms with Crippen molar-refractivity contribution in [1.82, 2.24) is 15.0 Å². The van der Waals surface area contributed by atoms with Crippen molar-refractivity contribution in [2.45, 2.75) is 27.7 Å². The fraction of sp³-hybridized carbons (Fsp3) is 0.333. The van der Waals surface area contributed by atoms with E-state index in [9.17, 15) is 0 Å². The van der Waals surface area contributed by atoms with E-state index >= 15 is 0 Å². The minimum atomic E-state index is 0.600. The van der Waals surface area contributed by atoms with Crippen molar-refractivity contribution in [1.29, 1.82) is 0 Å². The third-order valence-electron chi connectivity index (χ3n) is 3.24. The van der Waals surface area contributed by atoms with Crippen LogP contribution in [0.5, 0.6) is 5.75 Å². The van der Waals surface area contributed by atoms with E-state index in [-0.39, 0.29) is 0 Å². The van der Waals surface area contributed by atoms with Gasteiger partial charge < -0.3 is 9.40 Å². The standard InChI is InChI=1S/C15H19N3OS/c1-9-8-10(2)14(19-17-12(4)20)11(3)13(9)15-16-6-7-18(15)5/h6-8H,1-5H3,(H,17,20). The van der Waals surface area contributed by atoms with Crippen molar-refractivity contribution in [2.24, 2.45) is 7.05 Å². The largest absolute Gasteiger partial charge is 0.381 e. The lowest BCUT2D eigenvalue weighted by Crippen LogP contribution is -2.23. The minimum Gasteiger partial charge on any atom is -0.381 e. The molecule has 0 radical (unpaired) electrons. The number of benzene rings is 1. The molecule has 5 heteroatoms. The molecule has 20 heavy (non-hydrogen) atoms. The van der Waals surface area contributed by atoms with Crippen molar-refractivity contribution in [2.75, 3.05) is 0 Å². The van der Waals surface area contributed by atoms with Crippen molar-refractivity contribution in [3.8, 4) is 17.1 Å². The van der Waals surface area contributed by atoms with Gasteiger partial charge in [0.2, 0.25) is 0 Å². The first-order valence-corrected chi connectivity index (χ1v) is 6.84. The summed E-state index contributed by atoms with van der Waals surface area (Å²) in [6.45, 7) is 7.94. The average molecular weight is 289 g/mol. The predicted octanol–water partition coefficient (Wildman–Crippen LogP) is 3.24. The quantitative estimate of drug-likeness (QED) is 0.695. The Hall–Kier alpha value is -1.88. The van der Waals surface area contributed by atoms with Crippen molar-refractivity contribution < 1.29 is 4.84 Å². The van der Waals surface area contributed by atoms with Gasteiger partial charge in [-0.3, -0.25) is 0 Å². The molecule has 4 nitrogen and oxygen atoms in total. The number of aromatic nitrogens is 2. The lowest BCUT2D eigenvalue weighted by molar-refractivity contribution is 0.260. The number of rotatable bonds is 3. The summed E-state index contributed by atoms with van der Waals surface area (Å²) in [5, 5.41) is 0. The molecule has 0 fully saturated rings. The second kappa shape index (κ2) is 5.63. The number of hydroxylamine groups is 1. The van der Waals surface area contributed by atoms with Gasteiger partial charge in [-0.25, -0.2) is 10.5 Å². The van der Waals surface area contributed by atoms with Gasteiger partial charge in [0.1, 0.15) is 10.8 Å². The maximum atomic E-state index is 5.63. The second-order valence-corrected chi connectivity index (χ2v) is 5.57. The van der Waals surface area contributed by atoms with Crippen LogP contribution in [-0.4, -0.2) is 14.5 Å². The first-order valence-electron chi connectivity index (χ1n) is 6.43. The molecule has 0 atom stereocenters. The van der Waals surface area contributed by atoms with Crippen LogP contribution in [0.4, 0.5) is 0 Å². The molecule has 0 spiro atoms. The lowest BCUT2D eigenvalue weighted by Gasteiger charge is -2.17. The first-order chi connectivity index (χ1) is 9.41. The molecule has 106 valence electrons. The fourth-order valence-electron chi connectivity index (χ4n) is 2.40. The molecule has 0 unspecified atom stereocenters. The van der Waals surface area contributed by atoms with Crippen LogP contribution >= 0.6 is 12.2 Å². The monoisotopic (exact) mass is 289 g/mol. The Bertz CT molecular complexity index is 661. The molecule has 0 aliphatic heterocycles. The van der Waals surface area contributed by atoms with Crippen LogP contribution in [-0.2, 0) is 7.05 Å². The van der Waals surface area contributed by atoms with E-state index in [0.717, 1.165) is 28.3 Å². The van der Waals surface area contributed by atoms with E-state index < -0.39 is 0 Å². The third kappa shape index (κ3) is 2.67. The van der Waals surface area contributed by atoms with Crippen LogP contribution in [0.2, 0.25) is 0 Å². The molecule has 0 aliphatic rings. The van der Waals surface area contributed by atoms with Gasteiger partial charge in [-0.2, -0.15) is 0 Å². The molecule has 0 aliphatic carbocycles. The molecular weight excluding hydrogens is 270 g/mol. The smallest absolute Gasteiger partial charge is 0.161 e. The number of aryl methyl sites for hydroxylation is 3. The van der Waals surface area contributed by atoms with Gasteiger partial charge in [0.05, 0.1) is 0 Å². The van der Waals surface area contributed by atoms with Crippen LogP contribution in [0.25, 0.3) is 11.4 Å². The zero-order valence-electron chi connectivity index (χ0n) is 12.4. The number of nitrogens with one attached hydrogen (secondary N) is 1. The van der Waals surface area contributed by atoms with Crippen LogP contribution in [0, 0.1) is 20.8 Å². The predicted molar refractivity (Wildman–Crippen MR) is 84.9 cm³/mol. The molecule has 1 aromatic heterocycles. The van der Waals surface area contributed by atoms with Gasteiger partial charge in [0.25, 0.3) is 0 Å². The zero-order valence-corrected chi connectivity index (χ0v) is 13.3. The van der Waals surface area contributed by atoms with Crippen LogP contribution in [0.15, 0.2) is 18.5 Å². The molecule has 2 rings (SSSR count). The summed E-state index contributed by atoms with van der Waals surface area (Å²) >= 11 is 4.99. The molecule has 2 aromatic rings. The molecule has 0 saturated heterocycles. The fourth-order valence-corrected chi connectivity index (χ4v) is 2.44. The van der Waals surface area contributed by atoms with Crippen LogP contribution in [0.3, 0.4) is 0 Å². The van der Waals surface area contributed by atoms with Gasteiger partial charge >= 0.3 is 0 Å². The lowest BCUT2D eigenvalue weighted by atomic mass is 9.98. The number of hydrogen-bond donors (Lipinski definition) is 1. The Morgan fingerprint density at radius 3 is 2.55 bits per heavy atom. The maximum Gasteiger partial charge on any atom is 0.161 e. The Morgan fingerprint density at radius 1 is 1.30 bits per heavy atom. The normalized spacial score (nSPS) is 10.4. The van der Waals surface area contributed by atoms with Gasteiger partial charge in [-0.15, -0.1) is 0 Å². The zero-order chi connectivity index (χ0) is 14.9. The highest BCUT2D eigenvalue weighted by Crippen LogP contribution is 2.34. The second-order valence-electron chi connectivity index (χ2n) is 4.96. The summed E-state index contributed by atoms with van der Waals surface area (Å²) < 4.78 is 2.01. The number of imidazole rings is 1. The highest BCUT2D eigenvalue weighted by molar-refractivity contribution is 7.80. The van der Waals surface area contributed by atoms with E-state index in [0.29, 0.717) is 4.99 Å². The van der Waals surface area contributed by atoms with E-state index in [2.05, 4.69) is 23.5 Å². The topological polar surface area (TPSA) is 39.1 Å². The Morgan fingerprint density at radius 2 is 2.00 bits per heavy atom. The highest BCUT2D eigenvalue weighted by atomic mass is 32.1. The third-order valence-corrected chi connectivity index (χ3v) is 3.33.